The van der Waals surface area contributed by atoms with Gasteiger partial charge in [0.1, 0.15) is 12.1 Å². The Morgan fingerprint density at radius 1 is 1.08 bits per heavy atom. The third-order valence-electron chi connectivity index (χ3n) is 4.44. The van der Waals surface area contributed by atoms with Crippen LogP contribution in [0.5, 0.6) is 0 Å². The molecule has 0 aromatic carbocycles. The number of pyridine rings is 1. The summed E-state index contributed by atoms with van der Waals surface area (Å²) < 4.78 is 1.77. The van der Waals surface area contributed by atoms with Gasteiger partial charge in [-0.1, -0.05) is 0 Å². The highest BCUT2D eigenvalue weighted by molar-refractivity contribution is 5.94. The van der Waals surface area contributed by atoms with Crippen LogP contribution in [0.25, 0.3) is 5.82 Å². The molecule has 4 rings (SSSR count). The lowest BCUT2D eigenvalue weighted by Crippen LogP contribution is -2.45. The molecule has 3 aromatic heterocycles. The SMILES string of the molecule is O=C(NC1CCN(c2ncccn2)CC1)c1ccnc(-n2ccnc2)c1. The van der Waals surface area contributed by atoms with Crippen LogP contribution in [-0.2, 0) is 0 Å². The van der Waals surface area contributed by atoms with Gasteiger partial charge in [-0.25, -0.2) is 19.9 Å². The number of rotatable bonds is 4. The highest BCUT2D eigenvalue weighted by Crippen LogP contribution is 2.16. The quantitative estimate of drug-likeness (QED) is 0.767. The number of hydrogen-bond donors (Lipinski definition) is 1. The number of carbonyl (C=O) groups is 1. The van der Waals surface area contributed by atoms with E-state index in [1.807, 2.05) is 6.07 Å². The van der Waals surface area contributed by atoms with Gasteiger partial charge in [0.05, 0.1) is 0 Å². The van der Waals surface area contributed by atoms with E-state index in [2.05, 4.69) is 30.2 Å². The molecule has 0 saturated carbocycles. The summed E-state index contributed by atoms with van der Waals surface area (Å²) in [5.74, 6) is 1.34. The number of piperidine rings is 1. The Balaban J connectivity index is 1.37. The molecule has 0 bridgehead atoms. The molecule has 0 atom stereocenters. The van der Waals surface area contributed by atoms with Crippen molar-refractivity contribution in [2.75, 3.05) is 18.0 Å². The minimum atomic E-state index is -0.0804. The molecule has 1 saturated heterocycles. The number of amides is 1. The summed E-state index contributed by atoms with van der Waals surface area (Å²) in [6.45, 7) is 1.65. The fraction of sp³-hybridized carbons (Fsp3) is 0.278. The van der Waals surface area contributed by atoms with E-state index in [0.717, 1.165) is 31.9 Å². The zero-order chi connectivity index (χ0) is 17.8. The Bertz CT molecular complexity index is 858. The number of hydrogen-bond acceptors (Lipinski definition) is 6. The topological polar surface area (TPSA) is 88.8 Å². The van der Waals surface area contributed by atoms with Crippen molar-refractivity contribution < 1.29 is 4.79 Å². The second-order valence-electron chi connectivity index (χ2n) is 6.16. The van der Waals surface area contributed by atoms with Gasteiger partial charge in [-0.05, 0) is 31.0 Å². The zero-order valence-corrected chi connectivity index (χ0v) is 14.2. The first-order chi connectivity index (χ1) is 12.8. The molecule has 1 aliphatic rings. The zero-order valence-electron chi connectivity index (χ0n) is 14.2. The maximum Gasteiger partial charge on any atom is 0.251 e. The van der Waals surface area contributed by atoms with Gasteiger partial charge in [0.2, 0.25) is 5.95 Å². The average Bonchev–Trinajstić information content (AvgIpc) is 3.24. The largest absolute Gasteiger partial charge is 0.349 e. The normalized spacial score (nSPS) is 15.0. The Kier molecular flexibility index (Phi) is 4.55. The molecule has 8 heteroatoms. The summed E-state index contributed by atoms with van der Waals surface area (Å²) in [7, 11) is 0. The Morgan fingerprint density at radius 3 is 2.62 bits per heavy atom. The summed E-state index contributed by atoms with van der Waals surface area (Å²) in [4.78, 5) is 31.6. The lowest BCUT2D eigenvalue weighted by molar-refractivity contribution is 0.0931. The molecule has 1 N–H and O–H groups in total. The fourth-order valence-corrected chi connectivity index (χ4v) is 3.04. The minimum Gasteiger partial charge on any atom is -0.349 e. The van der Waals surface area contributed by atoms with Gasteiger partial charge in [0, 0.05) is 55.7 Å². The molecule has 0 aliphatic carbocycles. The van der Waals surface area contributed by atoms with Crippen molar-refractivity contribution in [1.82, 2.24) is 29.8 Å². The van der Waals surface area contributed by atoms with E-state index < -0.39 is 0 Å². The first kappa shape index (κ1) is 16.2. The van der Waals surface area contributed by atoms with E-state index >= 15 is 0 Å². The summed E-state index contributed by atoms with van der Waals surface area (Å²) in [5, 5.41) is 3.12. The Labute approximate surface area is 150 Å². The lowest BCUT2D eigenvalue weighted by Gasteiger charge is -2.32. The van der Waals surface area contributed by atoms with Gasteiger partial charge < -0.3 is 10.2 Å². The standard InChI is InChI=1S/C18H19N7O/c26-17(14-2-7-20-16(12-14)25-11-8-19-13-25)23-15-3-9-24(10-4-15)18-21-5-1-6-22-18/h1-2,5-8,11-13,15H,3-4,9-10H2,(H,23,26). The maximum absolute atomic E-state index is 12.6. The van der Waals surface area contributed by atoms with Crippen molar-refractivity contribution in [2.24, 2.45) is 0 Å². The van der Waals surface area contributed by atoms with Crippen LogP contribution in [-0.4, -0.2) is 49.5 Å². The third-order valence-corrected chi connectivity index (χ3v) is 4.44. The third kappa shape index (κ3) is 3.53. The highest BCUT2D eigenvalue weighted by Gasteiger charge is 2.22. The van der Waals surface area contributed by atoms with E-state index in [0.29, 0.717) is 11.4 Å². The van der Waals surface area contributed by atoms with E-state index in [1.165, 1.54) is 0 Å². The molecule has 0 unspecified atom stereocenters. The number of aromatic nitrogens is 5. The number of imidazole rings is 1. The highest BCUT2D eigenvalue weighted by atomic mass is 16.1. The van der Waals surface area contributed by atoms with Gasteiger partial charge in [-0.15, -0.1) is 0 Å². The van der Waals surface area contributed by atoms with Crippen LogP contribution in [0, 0.1) is 0 Å². The summed E-state index contributed by atoms with van der Waals surface area (Å²) in [5.41, 5.74) is 0.595. The van der Waals surface area contributed by atoms with Crippen molar-refractivity contribution in [1.29, 1.82) is 0 Å². The number of carbonyl (C=O) groups excluding carboxylic acids is 1. The van der Waals surface area contributed by atoms with Crippen LogP contribution in [0.15, 0.2) is 55.5 Å². The molecule has 1 amide bonds. The molecule has 0 radical (unpaired) electrons. The average molecular weight is 349 g/mol. The van der Waals surface area contributed by atoms with Crippen molar-refractivity contribution in [3.05, 3.63) is 61.1 Å². The van der Waals surface area contributed by atoms with Gasteiger partial charge in [-0.2, -0.15) is 0 Å². The second-order valence-corrected chi connectivity index (χ2v) is 6.16. The van der Waals surface area contributed by atoms with E-state index in [4.69, 9.17) is 0 Å². The van der Waals surface area contributed by atoms with Crippen molar-refractivity contribution in [2.45, 2.75) is 18.9 Å². The molecule has 3 aromatic rings. The van der Waals surface area contributed by atoms with Crippen LogP contribution in [0.1, 0.15) is 23.2 Å². The maximum atomic E-state index is 12.6. The summed E-state index contributed by atoms with van der Waals surface area (Å²) in [6.07, 6.45) is 12.0. The van der Waals surface area contributed by atoms with Gasteiger partial charge >= 0.3 is 0 Å². The smallest absolute Gasteiger partial charge is 0.251 e. The fourth-order valence-electron chi connectivity index (χ4n) is 3.04. The van der Waals surface area contributed by atoms with Crippen LogP contribution in [0.3, 0.4) is 0 Å². The molecule has 132 valence electrons. The Hall–Kier alpha value is -3.29. The molecular weight excluding hydrogens is 330 g/mol. The first-order valence-corrected chi connectivity index (χ1v) is 8.57. The second kappa shape index (κ2) is 7.30. The van der Waals surface area contributed by atoms with Crippen molar-refractivity contribution >= 4 is 11.9 Å². The summed E-state index contributed by atoms with van der Waals surface area (Å²) in [6, 6.07) is 5.45. The molecule has 4 heterocycles. The van der Waals surface area contributed by atoms with Crippen molar-refractivity contribution in [3.8, 4) is 5.82 Å². The number of anilines is 1. The molecule has 0 spiro atoms. The molecule has 26 heavy (non-hydrogen) atoms. The van der Waals surface area contributed by atoms with E-state index in [1.54, 1.807) is 54.0 Å². The number of nitrogens with one attached hydrogen (secondary N) is 1. The minimum absolute atomic E-state index is 0.0804. The van der Waals surface area contributed by atoms with Crippen LogP contribution >= 0.6 is 0 Å². The van der Waals surface area contributed by atoms with E-state index in [9.17, 15) is 4.79 Å². The van der Waals surface area contributed by atoms with Crippen LogP contribution < -0.4 is 10.2 Å². The molecule has 1 aliphatic heterocycles. The van der Waals surface area contributed by atoms with Gasteiger partial charge in [0.25, 0.3) is 5.91 Å². The predicted molar refractivity (Wildman–Crippen MR) is 96.1 cm³/mol. The van der Waals surface area contributed by atoms with Crippen molar-refractivity contribution in [3.63, 3.8) is 0 Å². The van der Waals surface area contributed by atoms with Gasteiger partial charge in [0.15, 0.2) is 0 Å². The molecule has 8 nitrogen and oxygen atoms in total. The predicted octanol–water partition coefficient (Wildman–Crippen LogP) is 1.46. The van der Waals surface area contributed by atoms with Crippen LogP contribution in [0.4, 0.5) is 5.95 Å². The monoisotopic (exact) mass is 349 g/mol. The first-order valence-electron chi connectivity index (χ1n) is 8.57. The number of nitrogens with zero attached hydrogens (tertiary/aromatic N) is 6. The Morgan fingerprint density at radius 2 is 1.88 bits per heavy atom. The lowest BCUT2D eigenvalue weighted by atomic mass is 10.0. The van der Waals surface area contributed by atoms with Crippen LogP contribution in [0.2, 0.25) is 0 Å². The van der Waals surface area contributed by atoms with Gasteiger partial charge in [-0.3, -0.25) is 9.36 Å². The summed E-state index contributed by atoms with van der Waals surface area (Å²) >= 11 is 0. The molecule has 1 fully saturated rings. The molecular formula is C18H19N7O. The van der Waals surface area contributed by atoms with E-state index in [-0.39, 0.29) is 11.9 Å².